The summed E-state index contributed by atoms with van der Waals surface area (Å²) in [5.41, 5.74) is 1.61. The first kappa shape index (κ1) is 14.9. The number of nitro groups is 1. The molecule has 2 aromatic rings. The van der Waals surface area contributed by atoms with E-state index in [1.807, 2.05) is 30.3 Å². The third kappa shape index (κ3) is 3.32. The lowest BCUT2D eigenvalue weighted by Crippen LogP contribution is -2.00. The van der Waals surface area contributed by atoms with E-state index in [4.69, 9.17) is 0 Å². The third-order valence-corrected chi connectivity index (χ3v) is 4.87. The number of nitrogens with one attached hydrogen (secondary N) is 1. The molecule has 6 heteroatoms. The van der Waals surface area contributed by atoms with Crippen LogP contribution in [0.3, 0.4) is 0 Å². The zero-order valence-corrected chi connectivity index (χ0v) is 13.2. The van der Waals surface area contributed by atoms with Gasteiger partial charge in [0.25, 0.3) is 5.69 Å². The molecule has 0 saturated carbocycles. The molecule has 0 saturated heterocycles. The highest BCUT2D eigenvalue weighted by atomic mass is 79.9. The van der Waals surface area contributed by atoms with Crippen molar-refractivity contribution in [1.82, 2.24) is 0 Å². The van der Waals surface area contributed by atoms with Crippen molar-refractivity contribution in [1.29, 1.82) is 0 Å². The molecule has 104 valence electrons. The average Bonchev–Trinajstić information content (AvgIpc) is 2.45. The number of hydrogen-bond donors (Lipinski definition) is 1. The summed E-state index contributed by atoms with van der Waals surface area (Å²) >= 11 is 5.14. The topological polar surface area (TPSA) is 55.2 Å². The standard InChI is InChI=1S/C14H13BrN2O2S/c1-16-14-10(5-4-7-12(14)17(18)19)9-20-13-8-3-2-6-11(13)15/h2-8,16H,9H2,1H3. The van der Waals surface area contributed by atoms with Crippen LogP contribution in [0, 0.1) is 10.1 Å². The number of benzene rings is 2. The minimum Gasteiger partial charge on any atom is -0.382 e. The van der Waals surface area contributed by atoms with Crippen LogP contribution in [0.25, 0.3) is 0 Å². The van der Waals surface area contributed by atoms with Crippen LogP contribution in [0.4, 0.5) is 11.4 Å². The number of rotatable bonds is 5. The fraction of sp³-hybridized carbons (Fsp3) is 0.143. The van der Waals surface area contributed by atoms with E-state index >= 15 is 0 Å². The molecule has 0 unspecified atom stereocenters. The van der Waals surface area contributed by atoms with Crippen molar-refractivity contribution in [3.8, 4) is 0 Å². The van der Waals surface area contributed by atoms with Crippen molar-refractivity contribution >= 4 is 39.1 Å². The summed E-state index contributed by atoms with van der Waals surface area (Å²) in [5, 5.41) is 13.9. The second kappa shape index (κ2) is 6.76. The number of para-hydroxylation sites is 1. The van der Waals surface area contributed by atoms with E-state index in [1.165, 1.54) is 6.07 Å². The SMILES string of the molecule is CNc1c(CSc2ccccc2Br)cccc1[N+](=O)[O-]. The van der Waals surface area contributed by atoms with Gasteiger partial charge in [-0.2, -0.15) is 0 Å². The average molecular weight is 353 g/mol. The Kier molecular flexibility index (Phi) is 5.03. The van der Waals surface area contributed by atoms with Gasteiger partial charge in [0.2, 0.25) is 0 Å². The Morgan fingerprint density at radius 2 is 2.00 bits per heavy atom. The molecular formula is C14H13BrN2O2S. The van der Waals surface area contributed by atoms with Gasteiger partial charge in [-0.1, -0.05) is 24.3 Å². The molecule has 0 amide bonds. The molecule has 0 bridgehead atoms. The van der Waals surface area contributed by atoms with Crippen molar-refractivity contribution < 1.29 is 4.92 Å². The zero-order chi connectivity index (χ0) is 14.5. The molecule has 0 radical (unpaired) electrons. The maximum atomic E-state index is 11.0. The Morgan fingerprint density at radius 3 is 2.65 bits per heavy atom. The maximum Gasteiger partial charge on any atom is 0.292 e. The number of nitro benzene ring substituents is 1. The van der Waals surface area contributed by atoms with Crippen molar-refractivity contribution in [3.05, 3.63) is 62.6 Å². The van der Waals surface area contributed by atoms with Gasteiger partial charge in [-0.3, -0.25) is 10.1 Å². The van der Waals surface area contributed by atoms with Gasteiger partial charge in [-0.05, 0) is 33.6 Å². The predicted molar refractivity (Wildman–Crippen MR) is 86.3 cm³/mol. The third-order valence-electron chi connectivity index (χ3n) is 2.80. The lowest BCUT2D eigenvalue weighted by Gasteiger charge is -2.10. The van der Waals surface area contributed by atoms with E-state index in [-0.39, 0.29) is 10.6 Å². The van der Waals surface area contributed by atoms with E-state index in [0.29, 0.717) is 11.4 Å². The van der Waals surface area contributed by atoms with Crippen LogP contribution in [-0.2, 0) is 5.75 Å². The molecule has 0 aliphatic heterocycles. The van der Waals surface area contributed by atoms with E-state index in [9.17, 15) is 10.1 Å². The van der Waals surface area contributed by atoms with Gasteiger partial charge in [0.05, 0.1) is 4.92 Å². The molecule has 0 spiro atoms. The molecule has 0 heterocycles. The number of nitrogens with zero attached hydrogens (tertiary/aromatic N) is 1. The zero-order valence-electron chi connectivity index (χ0n) is 10.8. The Balaban J connectivity index is 2.24. The highest BCUT2D eigenvalue weighted by Crippen LogP contribution is 2.34. The summed E-state index contributed by atoms with van der Waals surface area (Å²) < 4.78 is 1.03. The minimum absolute atomic E-state index is 0.109. The molecule has 4 nitrogen and oxygen atoms in total. The molecule has 0 aliphatic rings. The van der Waals surface area contributed by atoms with Gasteiger partial charge in [0, 0.05) is 28.2 Å². The van der Waals surface area contributed by atoms with Crippen LogP contribution >= 0.6 is 27.7 Å². The first-order valence-electron chi connectivity index (χ1n) is 5.95. The number of anilines is 1. The van der Waals surface area contributed by atoms with Gasteiger partial charge in [0.1, 0.15) is 5.69 Å². The molecule has 0 fully saturated rings. The Hall–Kier alpha value is -1.53. The second-order valence-corrected chi connectivity index (χ2v) is 5.91. The lowest BCUT2D eigenvalue weighted by atomic mass is 10.1. The highest BCUT2D eigenvalue weighted by molar-refractivity contribution is 9.10. The van der Waals surface area contributed by atoms with Gasteiger partial charge in [-0.25, -0.2) is 0 Å². The first-order valence-corrected chi connectivity index (χ1v) is 7.72. The maximum absolute atomic E-state index is 11.0. The van der Waals surface area contributed by atoms with Crippen LogP contribution < -0.4 is 5.32 Å². The first-order chi connectivity index (χ1) is 9.63. The predicted octanol–water partition coefficient (Wildman–Crippen LogP) is 4.69. The van der Waals surface area contributed by atoms with Crippen molar-refractivity contribution in [2.75, 3.05) is 12.4 Å². The molecule has 1 N–H and O–H groups in total. The van der Waals surface area contributed by atoms with Gasteiger partial charge in [0.15, 0.2) is 0 Å². The molecule has 20 heavy (non-hydrogen) atoms. The Morgan fingerprint density at radius 1 is 1.25 bits per heavy atom. The van der Waals surface area contributed by atoms with E-state index < -0.39 is 0 Å². The Bertz CT molecular complexity index is 634. The van der Waals surface area contributed by atoms with Gasteiger partial charge >= 0.3 is 0 Å². The van der Waals surface area contributed by atoms with Crippen LogP contribution in [0.15, 0.2) is 51.8 Å². The fourth-order valence-electron chi connectivity index (χ4n) is 1.86. The largest absolute Gasteiger partial charge is 0.382 e. The minimum atomic E-state index is -0.363. The number of halogens is 1. The van der Waals surface area contributed by atoms with Crippen molar-refractivity contribution in [3.63, 3.8) is 0 Å². The molecule has 2 rings (SSSR count). The molecule has 0 aromatic heterocycles. The summed E-state index contributed by atoms with van der Waals surface area (Å²) in [6.07, 6.45) is 0. The van der Waals surface area contributed by atoms with Crippen LogP contribution in [0.5, 0.6) is 0 Å². The fourth-order valence-corrected chi connectivity index (χ4v) is 3.43. The lowest BCUT2D eigenvalue weighted by molar-refractivity contribution is -0.384. The normalized spacial score (nSPS) is 10.3. The molecular weight excluding hydrogens is 340 g/mol. The summed E-state index contributed by atoms with van der Waals surface area (Å²) in [6, 6.07) is 13.1. The molecule has 0 atom stereocenters. The van der Waals surface area contributed by atoms with Gasteiger partial charge < -0.3 is 5.32 Å². The van der Waals surface area contributed by atoms with Crippen molar-refractivity contribution in [2.24, 2.45) is 0 Å². The van der Waals surface area contributed by atoms with Crippen LogP contribution in [0.2, 0.25) is 0 Å². The van der Waals surface area contributed by atoms with Crippen LogP contribution in [-0.4, -0.2) is 12.0 Å². The molecule has 2 aromatic carbocycles. The monoisotopic (exact) mass is 352 g/mol. The van der Waals surface area contributed by atoms with E-state index in [0.717, 1.165) is 14.9 Å². The summed E-state index contributed by atoms with van der Waals surface area (Å²) in [7, 11) is 1.70. The summed E-state index contributed by atoms with van der Waals surface area (Å²) in [5.74, 6) is 0.667. The van der Waals surface area contributed by atoms with E-state index in [2.05, 4.69) is 21.2 Å². The van der Waals surface area contributed by atoms with Crippen molar-refractivity contribution in [2.45, 2.75) is 10.6 Å². The number of thioether (sulfide) groups is 1. The summed E-state index contributed by atoms with van der Waals surface area (Å²) in [4.78, 5) is 11.8. The second-order valence-electron chi connectivity index (χ2n) is 4.04. The van der Waals surface area contributed by atoms with E-state index in [1.54, 1.807) is 24.9 Å². The quantitative estimate of drug-likeness (QED) is 0.481. The highest BCUT2D eigenvalue weighted by Gasteiger charge is 2.16. The van der Waals surface area contributed by atoms with Gasteiger partial charge in [-0.15, -0.1) is 11.8 Å². The van der Waals surface area contributed by atoms with Crippen LogP contribution in [0.1, 0.15) is 5.56 Å². The smallest absolute Gasteiger partial charge is 0.292 e. The molecule has 0 aliphatic carbocycles. The summed E-state index contributed by atoms with van der Waals surface area (Å²) in [6.45, 7) is 0. The Labute approximate surface area is 129 Å². The number of hydrogen-bond acceptors (Lipinski definition) is 4.